The Morgan fingerprint density at radius 1 is 0.895 bits per heavy atom. The summed E-state index contributed by atoms with van der Waals surface area (Å²) >= 11 is 0. The van der Waals surface area contributed by atoms with Crippen molar-refractivity contribution in [3.8, 4) is 0 Å². The number of hydrogen-bond acceptors (Lipinski definition) is 4. The van der Waals surface area contributed by atoms with Gasteiger partial charge in [0.25, 0.3) is 5.91 Å². The third-order valence-electron chi connectivity index (χ3n) is 6.10. The first-order valence-electron chi connectivity index (χ1n) is 11.7. The van der Waals surface area contributed by atoms with E-state index in [-0.39, 0.29) is 0 Å². The Morgan fingerprint density at radius 3 is 2.03 bits per heavy atom. The van der Waals surface area contributed by atoms with Crippen LogP contribution < -0.4 is 10.6 Å². The fraction of sp³-hybridized carbons (Fsp3) is 0.385. The maximum absolute atomic E-state index is 13.2. The van der Waals surface area contributed by atoms with Crippen LogP contribution in [0.3, 0.4) is 0 Å². The van der Waals surface area contributed by atoms with E-state index in [0.717, 1.165) is 6.92 Å². The van der Waals surface area contributed by atoms with Crippen LogP contribution in [0.4, 0.5) is 32.0 Å². The highest BCUT2D eigenvalue weighted by Gasteiger charge is 2.40. The molecule has 6 nitrogen and oxygen atoms in total. The molecule has 3 atom stereocenters. The molecule has 1 aliphatic rings. The van der Waals surface area contributed by atoms with Gasteiger partial charge in [0.2, 0.25) is 12.1 Å². The normalized spacial score (nSPS) is 17.4. The van der Waals surface area contributed by atoms with Crippen LogP contribution in [0.5, 0.6) is 0 Å². The highest BCUT2D eigenvalue weighted by atomic mass is 19.4. The van der Waals surface area contributed by atoms with E-state index in [2.05, 4.69) is 15.6 Å². The van der Waals surface area contributed by atoms with Crippen LogP contribution in [-0.2, 0) is 14.4 Å². The lowest BCUT2D eigenvalue weighted by molar-refractivity contribution is -0.152. The topological polar surface area (TPSA) is 87.6 Å². The number of ketones is 1. The number of nitrogens with zero attached hydrogens (tertiary/aromatic N) is 1. The van der Waals surface area contributed by atoms with Gasteiger partial charge in [-0.15, -0.1) is 0 Å². The quantitative estimate of drug-likeness (QED) is 0.416. The molecule has 3 rings (SSSR count). The third kappa shape index (κ3) is 7.90. The van der Waals surface area contributed by atoms with Crippen molar-refractivity contribution >= 4 is 29.0 Å². The van der Waals surface area contributed by atoms with E-state index in [9.17, 15) is 40.7 Å². The minimum absolute atomic E-state index is 0.303. The highest BCUT2D eigenvalue weighted by Crippen LogP contribution is 2.33. The fourth-order valence-corrected chi connectivity index (χ4v) is 4.26. The number of carbonyl (C=O) groups is 3. The number of Topliss-reactive ketones (excluding diaryl/α,β-unsaturated/α-hetero) is 1. The maximum atomic E-state index is 13.2. The lowest BCUT2D eigenvalue weighted by Crippen LogP contribution is -2.47. The van der Waals surface area contributed by atoms with Crippen molar-refractivity contribution in [2.45, 2.75) is 51.1 Å². The molecule has 2 N–H and O–H groups in total. The molecule has 12 heteroatoms. The van der Waals surface area contributed by atoms with Crippen molar-refractivity contribution in [3.05, 3.63) is 65.7 Å². The Morgan fingerprint density at radius 2 is 1.45 bits per heavy atom. The van der Waals surface area contributed by atoms with Crippen molar-refractivity contribution in [3.63, 3.8) is 0 Å². The first-order chi connectivity index (χ1) is 17.7. The minimum atomic E-state index is -4.72. The Balaban J connectivity index is 1.96. The van der Waals surface area contributed by atoms with Gasteiger partial charge >= 0.3 is 12.4 Å². The molecule has 0 unspecified atom stereocenters. The summed E-state index contributed by atoms with van der Waals surface area (Å²) in [5.41, 5.74) is 1.77. The van der Waals surface area contributed by atoms with Gasteiger partial charge in [-0.3, -0.25) is 14.4 Å². The van der Waals surface area contributed by atoms with Crippen molar-refractivity contribution < 1.29 is 40.7 Å². The first kappa shape index (κ1) is 28.9. The molecule has 2 aromatic carbocycles. The van der Waals surface area contributed by atoms with Crippen LogP contribution in [0.15, 0.2) is 59.6 Å². The second kappa shape index (κ2) is 11.8. The largest absolute Gasteiger partial charge is 0.389 e. The van der Waals surface area contributed by atoms with Gasteiger partial charge in [0.05, 0.1) is 11.4 Å². The van der Waals surface area contributed by atoms with Crippen molar-refractivity contribution in [1.29, 1.82) is 0 Å². The summed E-state index contributed by atoms with van der Waals surface area (Å²) in [6.07, 6.45) is -15.8. The van der Waals surface area contributed by atoms with Gasteiger partial charge in [-0.2, -0.15) is 26.3 Å². The summed E-state index contributed by atoms with van der Waals surface area (Å²) in [5.74, 6) is -6.23. The number of benzene rings is 2. The number of para-hydroxylation sites is 1. The summed E-state index contributed by atoms with van der Waals surface area (Å²) in [6.45, 7) is 0.926. The predicted molar refractivity (Wildman–Crippen MR) is 127 cm³/mol. The number of alkyl halides is 6. The Labute approximate surface area is 214 Å². The van der Waals surface area contributed by atoms with E-state index in [0.29, 0.717) is 22.5 Å². The van der Waals surface area contributed by atoms with Gasteiger partial charge in [0.15, 0.2) is 0 Å². The molecular weight excluding hydrogens is 516 g/mol. The van der Waals surface area contributed by atoms with E-state index >= 15 is 0 Å². The van der Waals surface area contributed by atoms with E-state index in [1.165, 1.54) is 0 Å². The lowest BCUT2D eigenvalue weighted by atomic mass is 9.81. The molecule has 1 aliphatic heterocycles. The standard InChI is InChI=1S/C26H25F6N3O3/c1-15(36)17(11-13-25(27,28)29)18(12-14-26(30,31)32)23(37)35-22-24(38)33-20-10-6-5-9-19(20)21(34-22)16-7-3-2-4-8-16/h2-10,17-18,22H,11-14H2,1H3,(H,33,38)(H,35,37)/t17-,18-,22-/m1/s1. The zero-order valence-corrected chi connectivity index (χ0v) is 20.2. The zero-order valence-electron chi connectivity index (χ0n) is 20.2. The number of benzodiazepines with no additional fused rings is 1. The second-order valence-corrected chi connectivity index (χ2v) is 8.92. The number of fused-ring (bicyclic) bond motifs is 1. The molecule has 1 heterocycles. The Hall–Kier alpha value is -3.70. The number of anilines is 1. The molecule has 0 aliphatic carbocycles. The minimum Gasteiger partial charge on any atom is -0.326 e. The summed E-state index contributed by atoms with van der Waals surface area (Å²) < 4.78 is 77.6. The summed E-state index contributed by atoms with van der Waals surface area (Å²) in [5, 5.41) is 4.88. The maximum Gasteiger partial charge on any atom is 0.389 e. The number of hydrogen-bond donors (Lipinski definition) is 2. The van der Waals surface area contributed by atoms with Crippen LogP contribution in [0.1, 0.15) is 43.7 Å². The van der Waals surface area contributed by atoms with Gasteiger partial charge in [-0.05, 0) is 25.8 Å². The summed E-state index contributed by atoms with van der Waals surface area (Å²) in [6, 6.07) is 15.3. The number of amides is 2. The molecule has 2 amide bonds. The van der Waals surface area contributed by atoms with Crippen molar-refractivity contribution in [2.75, 3.05) is 5.32 Å². The van der Waals surface area contributed by atoms with Crippen LogP contribution in [0.25, 0.3) is 0 Å². The number of nitrogens with one attached hydrogen (secondary N) is 2. The molecule has 38 heavy (non-hydrogen) atoms. The number of aliphatic imine (C=N–C) groups is 1. The van der Waals surface area contributed by atoms with E-state index in [1.807, 2.05) is 0 Å². The van der Waals surface area contributed by atoms with Crippen LogP contribution in [-0.4, -0.2) is 41.8 Å². The smallest absolute Gasteiger partial charge is 0.326 e. The molecule has 0 bridgehead atoms. The average Bonchev–Trinajstić information content (AvgIpc) is 2.96. The lowest BCUT2D eigenvalue weighted by Gasteiger charge is -2.26. The van der Waals surface area contributed by atoms with Gasteiger partial charge in [0, 0.05) is 35.8 Å². The van der Waals surface area contributed by atoms with Gasteiger partial charge in [-0.25, -0.2) is 4.99 Å². The molecule has 0 saturated heterocycles. The van der Waals surface area contributed by atoms with Gasteiger partial charge in [-0.1, -0.05) is 48.5 Å². The van der Waals surface area contributed by atoms with Gasteiger partial charge in [0.1, 0.15) is 5.78 Å². The summed E-state index contributed by atoms with van der Waals surface area (Å²) in [7, 11) is 0. The molecule has 2 aromatic rings. The average molecular weight is 541 g/mol. The molecule has 0 fully saturated rings. The SMILES string of the molecule is CC(=O)[C@@H](CCC(F)(F)F)[C@@H](CCC(F)(F)F)C(=O)N[C@H]1N=C(c2ccccc2)c2ccccc2NC1=O. The molecule has 0 spiro atoms. The predicted octanol–water partition coefficient (Wildman–Crippen LogP) is 5.42. The van der Waals surface area contributed by atoms with E-state index < -0.39 is 73.6 Å². The first-order valence-corrected chi connectivity index (χ1v) is 11.7. The second-order valence-electron chi connectivity index (χ2n) is 8.92. The monoisotopic (exact) mass is 541 g/mol. The number of rotatable bonds is 9. The number of carbonyl (C=O) groups excluding carboxylic acids is 3. The van der Waals surface area contributed by atoms with Gasteiger partial charge < -0.3 is 10.6 Å². The van der Waals surface area contributed by atoms with Crippen LogP contribution in [0.2, 0.25) is 0 Å². The van der Waals surface area contributed by atoms with E-state index in [1.54, 1.807) is 54.6 Å². The zero-order chi connectivity index (χ0) is 28.1. The van der Waals surface area contributed by atoms with Crippen LogP contribution in [0, 0.1) is 11.8 Å². The molecule has 0 saturated carbocycles. The Bertz CT molecular complexity index is 1190. The molecule has 0 radical (unpaired) electrons. The van der Waals surface area contributed by atoms with Crippen molar-refractivity contribution in [1.82, 2.24) is 5.32 Å². The molecular formula is C26H25F6N3O3. The summed E-state index contributed by atoms with van der Waals surface area (Å²) in [4.78, 5) is 42.7. The Kier molecular flexibility index (Phi) is 8.95. The van der Waals surface area contributed by atoms with E-state index in [4.69, 9.17) is 0 Å². The van der Waals surface area contributed by atoms with Crippen LogP contribution >= 0.6 is 0 Å². The molecule has 204 valence electrons. The fourth-order valence-electron chi connectivity index (χ4n) is 4.26. The number of halogens is 6. The highest BCUT2D eigenvalue weighted by molar-refractivity contribution is 6.19. The third-order valence-corrected chi connectivity index (χ3v) is 6.10. The van der Waals surface area contributed by atoms with Crippen molar-refractivity contribution in [2.24, 2.45) is 16.8 Å². The molecule has 0 aromatic heterocycles.